The molecule has 1 N–H and O–H groups in total. The first-order valence-corrected chi connectivity index (χ1v) is 7.95. The number of carbonyl (C=O) groups is 1. The van der Waals surface area contributed by atoms with Crippen molar-refractivity contribution in [2.24, 2.45) is 5.41 Å². The lowest BCUT2D eigenvalue weighted by Crippen LogP contribution is -2.17. The molecule has 5 nitrogen and oxygen atoms in total. The van der Waals surface area contributed by atoms with E-state index in [-0.39, 0.29) is 27.7 Å². The minimum Gasteiger partial charge on any atom is -0.478 e. The van der Waals surface area contributed by atoms with Gasteiger partial charge in [-0.25, -0.2) is 13.2 Å². The van der Waals surface area contributed by atoms with Crippen LogP contribution in [0.1, 0.15) is 29.6 Å². The van der Waals surface area contributed by atoms with Crippen LogP contribution in [0.2, 0.25) is 5.02 Å². The van der Waals surface area contributed by atoms with Crippen LogP contribution in [0.15, 0.2) is 23.1 Å². The van der Waals surface area contributed by atoms with Gasteiger partial charge in [0.2, 0.25) is 0 Å². The van der Waals surface area contributed by atoms with Crippen LogP contribution < -0.4 is 0 Å². The van der Waals surface area contributed by atoms with Gasteiger partial charge in [-0.1, -0.05) is 11.6 Å². The molecule has 7 heteroatoms. The molecule has 1 aliphatic rings. The number of nitriles is 1. The number of carboxylic acid groups (broad SMARTS) is 1. The lowest BCUT2D eigenvalue weighted by Gasteiger charge is -2.12. The maximum absolute atomic E-state index is 12.3. The second-order valence-electron chi connectivity index (χ2n) is 5.04. The number of hydrogen-bond acceptors (Lipinski definition) is 4. The van der Waals surface area contributed by atoms with E-state index < -0.39 is 21.2 Å². The molecule has 0 atom stereocenters. The molecule has 1 aromatic rings. The number of benzene rings is 1. The average Bonchev–Trinajstić information content (AvgIpc) is 3.07. The van der Waals surface area contributed by atoms with E-state index in [1.165, 1.54) is 12.1 Å². The summed E-state index contributed by atoms with van der Waals surface area (Å²) in [6.45, 7) is 0. The fraction of sp³-hybridized carbons (Fsp3) is 0.385. The van der Waals surface area contributed by atoms with Crippen LogP contribution in [0.3, 0.4) is 0 Å². The topological polar surface area (TPSA) is 95.2 Å². The van der Waals surface area contributed by atoms with Crippen LogP contribution in [-0.2, 0) is 9.84 Å². The Labute approximate surface area is 121 Å². The Morgan fingerprint density at radius 3 is 2.55 bits per heavy atom. The van der Waals surface area contributed by atoms with Gasteiger partial charge in [-0.15, -0.1) is 0 Å². The number of carboxylic acids is 1. The number of halogens is 1. The molecule has 106 valence electrons. The van der Waals surface area contributed by atoms with Gasteiger partial charge in [0.05, 0.1) is 27.3 Å². The predicted molar refractivity (Wildman–Crippen MR) is 72.4 cm³/mol. The van der Waals surface area contributed by atoms with E-state index in [4.69, 9.17) is 22.0 Å². The van der Waals surface area contributed by atoms with Crippen molar-refractivity contribution in [3.8, 4) is 6.07 Å². The molecule has 2 rings (SSSR count). The van der Waals surface area contributed by atoms with Gasteiger partial charge in [0.25, 0.3) is 0 Å². The molecular formula is C13H12ClNO4S. The monoisotopic (exact) mass is 313 g/mol. The zero-order chi connectivity index (χ0) is 15.0. The van der Waals surface area contributed by atoms with Crippen molar-refractivity contribution in [2.75, 3.05) is 5.75 Å². The van der Waals surface area contributed by atoms with Gasteiger partial charge in [-0.2, -0.15) is 5.26 Å². The maximum atomic E-state index is 12.3. The second kappa shape index (κ2) is 5.08. The number of nitrogens with zero attached hydrogens (tertiary/aromatic N) is 1. The molecule has 1 aromatic carbocycles. The fourth-order valence-electron chi connectivity index (χ4n) is 2.07. The Morgan fingerprint density at radius 2 is 2.10 bits per heavy atom. The van der Waals surface area contributed by atoms with Crippen LogP contribution in [0.5, 0.6) is 0 Å². The van der Waals surface area contributed by atoms with E-state index in [1.807, 2.05) is 6.07 Å². The third kappa shape index (κ3) is 2.94. The van der Waals surface area contributed by atoms with E-state index >= 15 is 0 Å². The standard InChI is InChI=1S/C13H12ClNO4S/c14-11-7-9(1-2-10(11)12(16)17)20(18,19)8-13(3-4-13)5-6-15/h1-2,7H,3-5,8H2,(H,16,17). The Kier molecular flexibility index (Phi) is 3.76. The maximum Gasteiger partial charge on any atom is 0.337 e. The highest BCUT2D eigenvalue weighted by Crippen LogP contribution is 2.50. The molecule has 0 amide bonds. The first-order valence-electron chi connectivity index (χ1n) is 5.92. The van der Waals surface area contributed by atoms with Gasteiger partial charge in [0.1, 0.15) is 0 Å². The van der Waals surface area contributed by atoms with Crippen LogP contribution in [0, 0.1) is 16.7 Å². The first-order chi connectivity index (χ1) is 9.30. The molecule has 1 fully saturated rings. The lowest BCUT2D eigenvalue weighted by atomic mass is 10.1. The highest BCUT2D eigenvalue weighted by molar-refractivity contribution is 7.91. The van der Waals surface area contributed by atoms with Crippen molar-refractivity contribution in [3.63, 3.8) is 0 Å². The Morgan fingerprint density at radius 1 is 1.45 bits per heavy atom. The second-order valence-corrected chi connectivity index (χ2v) is 7.44. The summed E-state index contributed by atoms with van der Waals surface area (Å²) < 4.78 is 24.6. The molecule has 20 heavy (non-hydrogen) atoms. The molecule has 0 saturated heterocycles. The zero-order valence-corrected chi connectivity index (χ0v) is 12.0. The molecule has 0 bridgehead atoms. The van der Waals surface area contributed by atoms with Crippen molar-refractivity contribution in [3.05, 3.63) is 28.8 Å². The summed E-state index contributed by atoms with van der Waals surface area (Å²) in [5.74, 6) is -1.31. The van der Waals surface area contributed by atoms with Gasteiger partial charge in [-0.05, 0) is 36.5 Å². The van der Waals surface area contributed by atoms with Gasteiger partial charge >= 0.3 is 5.97 Å². The zero-order valence-electron chi connectivity index (χ0n) is 10.5. The smallest absolute Gasteiger partial charge is 0.337 e. The van der Waals surface area contributed by atoms with Crippen molar-refractivity contribution >= 4 is 27.4 Å². The van der Waals surface area contributed by atoms with E-state index in [1.54, 1.807) is 0 Å². The fourth-order valence-corrected chi connectivity index (χ4v) is 4.33. The van der Waals surface area contributed by atoms with Crippen LogP contribution in [0.4, 0.5) is 0 Å². The Bertz CT molecular complexity index is 702. The van der Waals surface area contributed by atoms with Crippen molar-refractivity contribution in [2.45, 2.75) is 24.2 Å². The van der Waals surface area contributed by atoms with Crippen molar-refractivity contribution < 1.29 is 18.3 Å². The highest BCUT2D eigenvalue weighted by Gasteiger charge is 2.46. The van der Waals surface area contributed by atoms with E-state index in [9.17, 15) is 13.2 Å². The van der Waals surface area contributed by atoms with E-state index in [2.05, 4.69) is 0 Å². The minimum absolute atomic E-state index is 0.00304. The van der Waals surface area contributed by atoms with Crippen LogP contribution in [0.25, 0.3) is 0 Å². The van der Waals surface area contributed by atoms with Gasteiger partial charge in [0, 0.05) is 6.42 Å². The minimum atomic E-state index is -3.57. The third-order valence-electron chi connectivity index (χ3n) is 3.44. The molecule has 0 aliphatic heterocycles. The normalized spacial score (nSPS) is 16.4. The SMILES string of the molecule is N#CCC1(CS(=O)(=O)c2ccc(C(=O)O)c(Cl)c2)CC1. The van der Waals surface area contributed by atoms with Crippen LogP contribution >= 0.6 is 11.6 Å². The highest BCUT2D eigenvalue weighted by atomic mass is 35.5. The number of aromatic carboxylic acids is 1. The number of sulfone groups is 1. The van der Waals surface area contributed by atoms with Gasteiger partial charge in [0.15, 0.2) is 9.84 Å². The van der Waals surface area contributed by atoms with Crippen molar-refractivity contribution in [1.82, 2.24) is 0 Å². The summed E-state index contributed by atoms with van der Waals surface area (Å²) in [5.41, 5.74) is -0.574. The largest absolute Gasteiger partial charge is 0.478 e. The molecular weight excluding hydrogens is 302 g/mol. The average molecular weight is 314 g/mol. The van der Waals surface area contributed by atoms with Gasteiger partial charge in [-0.3, -0.25) is 0 Å². The number of rotatable bonds is 5. The summed E-state index contributed by atoms with van der Waals surface area (Å²) >= 11 is 5.78. The molecule has 1 aliphatic carbocycles. The molecule has 0 heterocycles. The molecule has 1 saturated carbocycles. The lowest BCUT2D eigenvalue weighted by molar-refractivity contribution is 0.0697. The third-order valence-corrected chi connectivity index (χ3v) is 5.71. The molecule has 0 spiro atoms. The molecule has 0 radical (unpaired) electrons. The van der Waals surface area contributed by atoms with Crippen LogP contribution in [-0.4, -0.2) is 25.2 Å². The first kappa shape index (κ1) is 14.8. The molecule has 0 aromatic heterocycles. The van der Waals surface area contributed by atoms with Crippen molar-refractivity contribution in [1.29, 1.82) is 5.26 Å². The summed E-state index contributed by atoms with van der Waals surface area (Å²) in [7, 11) is -3.57. The summed E-state index contributed by atoms with van der Waals surface area (Å²) in [6, 6.07) is 5.59. The predicted octanol–water partition coefficient (Wildman–Crippen LogP) is 2.51. The van der Waals surface area contributed by atoms with E-state index in [0.29, 0.717) is 0 Å². The van der Waals surface area contributed by atoms with Gasteiger partial charge < -0.3 is 5.11 Å². The quantitative estimate of drug-likeness (QED) is 0.901. The Balaban J connectivity index is 2.29. The van der Waals surface area contributed by atoms with E-state index in [0.717, 1.165) is 18.9 Å². The summed E-state index contributed by atoms with van der Waals surface area (Å²) in [5, 5.41) is 17.5. The summed E-state index contributed by atoms with van der Waals surface area (Å²) in [4.78, 5) is 10.8. The molecule has 0 unspecified atom stereocenters. The Hall–Kier alpha value is -1.58. The summed E-state index contributed by atoms with van der Waals surface area (Å²) in [6.07, 6.45) is 1.66. The number of hydrogen-bond donors (Lipinski definition) is 1.